The van der Waals surface area contributed by atoms with Gasteiger partial charge in [0, 0.05) is 18.3 Å². The van der Waals surface area contributed by atoms with Crippen molar-refractivity contribution in [3.63, 3.8) is 0 Å². The van der Waals surface area contributed by atoms with E-state index in [2.05, 4.69) is 10.3 Å². The maximum Gasteiger partial charge on any atom is 0.260 e. The molecule has 0 spiro atoms. The first-order valence-corrected chi connectivity index (χ1v) is 6.28. The quantitative estimate of drug-likeness (QED) is 0.881. The highest BCUT2D eigenvalue weighted by Crippen LogP contribution is 2.36. The Labute approximate surface area is 125 Å². The third kappa shape index (κ3) is 3.22. The second kappa shape index (κ2) is 6.41. The second-order valence-electron chi connectivity index (χ2n) is 3.98. The number of carbonyl (C=O) groups excluding carboxylic acids is 1. The average Bonchev–Trinajstić information content (AvgIpc) is 2.48. The Kier molecular flexibility index (Phi) is 4.59. The van der Waals surface area contributed by atoms with Crippen LogP contribution in [0.25, 0.3) is 0 Å². The molecule has 0 aliphatic carbocycles. The number of amides is 1. The van der Waals surface area contributed by atoms with Gasteiger partial charge in [-0.05, 0) is 12.1 Å². The average molecular weight is 311 g/mol. The van der Waals surface area contributed by atoms with Crippen molar-refractivity contribution < 1.29 is 18.7 Å². The van der Waals surface area contributed by atoms with Gasteiger partial charge in [0.25, 0.3) is 5.91 Å². The first-order valence-electron chi connectivity index (χ1n) is 5.90. The van der Waals surface area contributed by atoms with Crippen LogP contribution in [0.4, 0.5) is 10.1 Å². The lowest BCUT2D eigenvalue weighted by Crippen LogP contribution is -2.15. The number of methoxy groups -OCH3 is 2. The van der Waals surface area contributed by atoms with Crippen molar-refractivity contribution in [1.29, 1.82) is 0 Å². The molecule has 7 heteroatoms. The minimum atomic E-state index is -0.852. The number of halogens is 2. The smallest absolute Gasteiger partial charge is 0.260 e. The molecule has 1 amide bonds. The fraction of sp³-hybridized carbons (Fsp3) is 0.143. The lowest BCUT2D eigenvalue weighted by Gasteiger charge is -2.13. The zero-order valence-electron chi connectivity index (χ0n) is 11.3. The zero-order chi connectivity index (χ0) is 15.4. The SMILES string of the molecule is COc1cc(NC(=O)c2cccnc2F)c(OC)cc1Cl. The number of aromatic nitrogens is 1. The van der Waals surface area contributed by atoms with Crippen LogP contribution in [0.1, 0.15) is 10.4 Å². The maximum atomic E-state index is 13.5. The van der Waals surface area contributed by atoms with Crippen molar-refractivity contribution in [3.05, 3.63) is 47.0 Å². The summed E-state index contributed by atoms with van der Waals surface area (Å²) >= 11 is 5.97. The van der Waals surface area contributed by atoms with Gasteiger partial charge in [-0.25, -0.2) is 4.98 Å². The molecule has 1 aromatic carbocycles. The van der Waals surface area contributed by atoms with Crippen molar-refractivity contribution in [2.24, 2.45) is 0 Å². The summed E-state index contributed by atoms with van der Waals surface area (Å²) in [4.78, 5) is 15.5. The minimum absolute atomic E-state index is 0.173. The Bertz CT molecular complexity index is 679. The molecule has 2 aromatic rings. The topological polar surface area (TPSA) is 60.5 Å². The Balaban J connectivity index is 2.35. The van der Waals surface area contributed by atoms with E-state index < -0.39 is 11.9 Å². The molecule has 2 rings (SSSR count). The fourth-order valence-electron chi connectivity index (χ4n) is 1.70. The van der Waals surface area contributed by atoms with Crippen molar-refractivity contribution in [2.75, 3.05) is 19.5 Å². The lowest BCUT2D eigenvalue weighted by molar-refractivity contribution is 0.102. The van der Waals surface area contributed by atoms with Gasteiger partial charge in [0.1, 0.15) is 11.5 Å². The first-order chi connectivity index (χ1) is 10.1. The summed E-state index contributed by atoms with van der Waals surface area (Å²) in [6.45, 7) is 0. The van der Waals surface area contributed by atoms with Crippen LogP contribution >= 0.6 is 11.6 Å². The number of nitrogens with one attached hydrogen (secondary N) is 1. The molecule has 1 aromatic heterocycles. The van der Waals surface area contributed by atoms with E-state index in [1.807, 2.05) is 0 Å². The number of ether oxygens (including phenoxy) is 2. The number of nitrogens with zero attached hydrogens (tertiary/aromatic N) is 1. The van der Waals surface area contributed by atoms with Crippen LogP contribution in [0, 0.1) is 5.95 Å². The molecule has 0 atom stereocenters. The predicted molar refractivity (Wildman–Crippen MR) is 76.7 cm³/mol. The molecule has 0 aliphatic heterocycles. The van der Waals surface area contributed by atoms with Gasteiger partial charge in [-0.1, -0.05) is 11.6 Å². The van der Waals surface area contributed by atoms with Gasteiger partial charge in [-0.3, -0.25) is 4.79 Å². The second-order valence-corrected chi connectivity index (χ2v) is 4.39. The zero-order valence-corrected chi connectivity index (χ0v) is 12.1. The van der Waals surface area contributed by atoms with Gasteiger partial charge in [-0.15, -0.1) is 0 Å². The third-order valence-electron chi connectivity index (χ3n) is 2.73. The highest BCUT2D eigenvalue weighted by molar-refractivity contribution is 6.32. The molecule has 0 fully saturated rings. The molecule has 0 radical (unpaired) electrons. The Morgan fingerprint density at radius 2 is 2.00 bits per heavy atom. The number of carbonyl (C=O) groups is 1. The molecular weight excluding hydrogens is 299 g/mol. The van der Waals surface area contributed by atoms with Crippen LogP contribution in [0.3, 0.4) is 0 Å². The summed E-state index contributed by atoms with van der Waals surface area (Å²) in [5, 5.41) is 2.87. The summed E-state index contributed by atoms with van der Waals surface area (Å²) in [7, 11) is 2.87. The minimum Gasteiger partial charge on any atom is -0.495 e. The fourth-order valence-corrected chi connectivity index (χ4v) is 1.93. The van der Waals surface area contributed by atoms with Crippen molar-refractivity contribution >= 4 is 23.2 Å². The van der Waals surface area contributed by atoms with E-state index in [-0.39, 0.29) is 5.56 Å². The Morgan fingerprint density at radius 1 is 1.29 bits per heavy atom. The van der Waals surface area contributed by atoms with Gasteiger partial charge < -0.3 is 14.8 Å². The van der Waals surface area contributed by atoms with E-state index in [0.29, 0.717) is 22.2 Å². The van der Waals surface area contributed by atoms with Crippen molar-refractivity contribution in [1.82, 2.24) is 4.98 Å². The molecule has 0 saturated carbocycles. The van der Waals surface area contributed by atoms with Crippen LogP contribution < -0.4 is 14.8 Å². The van der Waals surface area contributed by atoms with E-state index in [0.717, 1.165) is 0 Å². The highest BCUT2D eigenvalue weighted by atomic mass is 35.5. The van der Waals surface area contributed by atoms with Gasteiger partial charge in [0.2, 0.25) is 5.95 Å². The molecule has 0 saturated heterocycles. The number of anilines is 1. The normalized spacial score (nSPS) is 10.1. The summed E-state index contributed by atoms with van der Waals surface area (Å²) in [5.74, 6) is -0.809. The first kappa shape index (κ1) is 15.1. The highest BCUT2D eigenvalue weighted by Gasteiger charge is 2.16. The van der Waals surface area contributed by atoms with Crippen LogP contribution in [0.2, 0.25) is 5.02 Å². The molecule has 1 N–H and O–H groups in total. The van der Waals surface area contributed by atoms with Crippen LogP contribution in [-0.2, 0) is 0 Å². The maximum absolute atomic E-state index is 13.5. The molecule has 110 valence electrons. The Morgan fingerprint density at radius 3 is 2.62 bits per heavy atom. The van der Waals surface area contributed by atoms with Crippen LogP contribution in [0.5, 0.6) is 11.5 Å². The van der Waals surface area contributed by atoms with E-state index in [1.165, 1.54) is 44.7 Å². The summed E-state index contributed by atoms with van der Waals surface area (Å²) in [5.41, 5.74) is 0.139. The summed E-state index contributed by atoms with van der Waals surface area (Å²) in [6, 6.07) is 5.79. The number of benzene rings is 1. The van der Waals surface area contributed by atoms with Crippen LogP contribution in [-0.4, -0.2) is 25.1 Å². The number of pyridine rings is 1. The monoisotopic (exact) mass is 310 g/mol. The molecule has 1 heterocycles. The molecule has 21 heavy (non-hydrogen) atoms. The van der Waals surface area contributed by atoms with E-state index in [9.17, 15) is 9.18 Å². The van der Waals surface area contributed by atoms with Gasteiger partial charge in [0.15, 0.2) is 0 Å². The van der Waals surface area contributed by atoms with Crippen molar-refractivity contribution in [3.8, 4) is 11.5 Å². The number of hydrogen-bond acceptors (Lipinski definition) is 4. The predicted octanol–water partition coefficient (Wildman–Crippen LogP) is 3.14. The summed E-state index contributed by atoms with van der Waals surface area (Å²) in [6.07, 6.45) is 1.26. The molecule has 0 aliphatic rings. The molecule has 0 bridgehead atoms. The van der Waals surface area contributed by atoms with Gasteiger partial charge >= 0.3 is 0 Å². The van der Waals surface area contributed by atoms with Gasteiger partial charge in [0.05, 0.1) is 30.5 Å². The van der Waals surface area contributed by atoms with Crippen molar-refractivity contribution in [2.45, 2.75) is 0 Å². The molecule has 5 nitrogen and oxygen atoms in total. The largest absolute Gasteiger partial charge is 0.495 e. The van der Waals surface area contributed by atoms with E-state index >= 15 is 0 Å². The van der Waals surface area contributed by atoms with Gasteiger partial charge in [-0.2, -0.15) is 4.39 Å². The number of hydrogen-bond donors (Lipinski definition) is 1. The number of rotatable bonds is 4. The Hall–Kier alpha value is -2.34. The molecular formula is C14H12ClFN2O3. The van der Waals surface area contributed by atoms with Crippen LogP contribution in [0.15, 0.2) is 30.5 Å². The summed E-state index contributed by atoms with van der Waals surface area (Å²) < 4.78 is 23.7. The van der Waals surface area contributed by atoms with E-state index in [1.54, 1.807) is 0 Å². The lowest BCUT2D eigenvalue weighted by atomic mass is 10.2. The standard InChI is InChI=1S/C14H12ClFN2O3/c1-20-11-7-10(12(21-2)6-9(11)15)18-14(19)8-4-3-5-17-13(8)16/h3-7H,1-2H3,(H,18,19). The third-order valence-corrected chi connectivity index (χ3v) is 3.02. The molecule has 0 unspecified atom stereocenters. The van der Waals surface area contributed by atoms with E-state index in [4.69, 9.17) is 21.1 Å².